The van der Waals surface area contributed by atoms with Crippen LogP contribution < -0.4 is 40.8 Å². The summed E-state index contributed by atoms with van der Waals surface area (Å²) in [5.41, 5.74) is 11.3. The highest BCUT2D eigenvalue weighted by Crippen LogP contribution is 2.43. The number of Topliss-reactive ketones (excluding diaryl/α,β-unsaturated/α-hetero) is 1. The quantitative estimate of drug-likeness (QED) is 0.0346. The van der Waals surface area contributed by atoms with Gasteiger partial charge in [-0.2, -0.15) is 0 Å². The molecule has 2 aromatic heterocycles. The lowest BCUT2D eigenvalue weighted by atomic mass is 10.0. The topological polar surface area (TPSA) is 273 Å². The van der Waals surface area contributed by atoms with Gasteiger partial charge in [0.05, 0.1) is 61.2 Å². The highest BCUT2D eigenvalue weighted by Gasteiger charge is 2.49. The summed E-state index contributed by atoms with van der Waals surface area (Å²) >= 11 is 0. The number of nitrogens with two attached hydrogens (primary N) is 1. The normalized spacial score (nSPS) is 17.7. The van der Waals surface area contributed by atoms with Crippen molar-refractivity contribution in [2.24, 2.45) is 18.7 Å². The van der Waals surface area contributed by atoms with Gasteiger partial charge in [-0.15, -0.1) is 0 Å². The smallest absolute Gasteiger partial charge is 0.416 e. The van der Waals surface area contributed by atoms with E-state index in [0.29, 0.717) is 47.8 Å². The van der Waals surface area contributed by atoms with Gasteiger partial charge >= 0.3 is 6.09 Å². The van der Waals surface area contributed by atoms with Crippen molar-refractivity contribution in [2.45, 2.75) is 103 Å². The Bertz CT molecular complexity index is 3310. The molecule has 6 aromatic rings. The third-order valence-corrected chi connectivity index (χ3v) is 14.4. The van der Waals surface area contributed by atoms with Crippen LogP contribution in [-0.4, -0.2) is 125 Å². The van der Waals surface area contributed by atoms with E-state index in [-0.39, 0.29) is 96.9 Å². The summed E-state index contributed by atoms with van der Waals surface area (Å²) < 4.78 is 37.6. The number of fused-ring (bicyclic) bond motifs is 3. The number of nitrogens with zero attached hydrogens (tertiary/aromatic N) is 5. The molecule has 2 fully saturated rings. The second-order valence-corrected chi connectivity index (χ2v) is 20.7. The minimum Gasteiger partial charge on any atom is -0.497 e. The number of benzene rings is 4. The average molecular weight is 1110 g/mol. The summed E-state index contributed by atoms with van der Waals surface area (Å²) in [5, 5.41) is 8.31. The molecule has 0 spiro atoms. The van der Waals surface area contributed by atoms with Crippen molar-refractivity contribution in [3.05, 3.63) is 120 Å². The molecule has 5 heterocycles. The van der Waals surface area contributed by atoms with Gasteiger partial charge in [-0.3, -0.25) is 24.0 Å². The maximum atomic E-state index is 14.8. The Morgan fingerprint density at radius 2 is 1.68 bits per heavy atom. The van der Waals surface area contributed by atoms with Gasteiger partial charge in [-0.05, 0) is 98.5 Å². The van der Waals surface area contributed by atoms with Crippen molar-refractivity contribution in [1.29, 1.82) is 0 Å². The zero-order valence-corrected chi connectivity index (χ0v) is 46.2. The second kappa shape index (κ2) is 25.2. The summed E-state index contributed by atoms with van der Waals surface area (Å²) in [6.45, 7) is 10.0. The lowest BCUT2D eigenvalue weighted by Gasteiger charge is -2.38. The Labute approximate surface area is 468 Å². The maximum absolute atomic E-state index is 14.8. The summed E-state index contributed by atoms with van der Waals surface area (Å²) in [4.78, 5) is 96.8. The molecule has 0 saturated carbocycles. The van der Waals surface area contributed by atoms with E-state index in [9.17, 15) is 28.8 Å². The number of aryl methyl sites for hydroxylation is 1. The third-order valence-electron chi connectivity index (χ3n) is 14.4. The van der Waals surface area contributed by atoms with Gasteiger partial charge in [-0.1, -0.05) is 50.3 Å². The zero-order chi connectivity index (χ0) is 57.5. The molecule has 0 radical (unpaired) electrons. The molecule has 81 heavy (non-hydrogen) atoms. The Hall–Kier alpha value is -8.60. The Morgan fingerprint density at radius 3 is 2.40 bits per heavy atom. The van der Waals surface area contributed by atoms with Crippen LogP contribution in [0.15, 0.2) is 97.2 Å². The molecule has 6 N–H and O–H groups in total. The van der Waals surface area contributed by atoms with Gasteiger partial charge in [0, 0.05) is 62.6 Å². The van der Waals surface area contributed by atoms with Crippen LogP contribution in [0.3, 0.4) is 0 Å². The molecule has 5 amide bonds. The number of ketones is 1. The molecule has 3 aliphatic heterocycles. The number of amides is 5. The number of rotatable bonds is 21. The minimum absolute atomic E-state index is 0.00743. The highest BCUT2D eigenvalue weighted by atomic mass is 16.7. The Kier molecular flexibility index (Phi) is 17.8. The molecule has 426 valence electrons. The van der Waals surface area contributed by atoms with Crippen LogP contribution in [0.1, 0.15) is 91.4 Å². The molecular formula is C59H68N10O12. The van der Waals surface area contributed by atoms with Gasteiger partial charge in [0.2, 0.25) is 17.6 Å². The van der Waals surface area contributed by atoms with Crippen LogP contribution >= 0.6 is 0 Å². The zero-order valence-electron chi connectivity index (χ0n) is 46.2. The minimum atomic E-state index is -1.08. The molecule has 22 nitrogen and oxygen atoms in total. The van der Waals surface area contributed by atoms with Gasteiger partial charge in [0.15, 0.2) is 35.6 Å². The number of aromatic amines is 1. The summed E-state index contributed by atoms with van der Waals surface area (Å²) in [7, 11) is 4.69. The van der Waals surface area contributed by atoms with Crippen molar-refractivity contribution < 1.29 is 57.2 Å². The third kappa shape index (κ3) is 13.4. The number of aromatic nitrogens is 4. The Morgan fingerprint density at radius 1 is 0.914 bits per heavy atom. The first-order valence-corrected chi connectivity index (χ1v) is 27.0. The lowest BCUT2D eigenvalue weighted by molar-refractivity contribution is -0.195. The average Bonchev–Trinajstić information content (AvgIpc) is 4.24. The first-order chi connectivity index (χ1) is 39.0. The number of anilines is 3. The summed E-state index contributed by atoms with van der Waals surface area (Å²) in [5.74, 6) is 0.108. The molecule has 3 aliphatic rings. The molecule has 5 atom stereocenters. The molecule has 2 saturated heterocycles. The maximum Gasteiger partial charge on any atom is 0.416 e. The van der Waals surface area contributed by atoms with Crippen LogP contribution in [0.5, 0.6) is 17.2 Å². The van der Waals surface area contributed by atoms with Crippen LogP contribution in [0.4, 0.5) is 22.0 Å². The van der Waals surface area contributed by atoms with E-state index >= 15 is 0 Å². The number of hydrogen-bond donors (Lipinski definition) is 5. The van der Waals surface area contributed by atoms with E-state index < -0.39 is 48.6 Å². The monoisotopic (exact) mass is 1110 g/mol. The summed E-state index contributed by atoms with van der Waals surface area (Å²) in [6, 6.07) is 20.7. The SMILES string of the molecule is C=C1C[C@H]2[C@H](OC3CCCCO3)N(C(=O)OCc3ccc(CC(=O)[C@H](C)NC(=O)[C@@H](N)C(C)C)cc3)c3cc(OCCCC(=O)Nc4cn(C)c(C(=O)Nc5ccc(-c6nc7ccc(OC)cc7[nH]6)cc5)n4)c(OC)cc3C(=O)N2C1. The predicted molar refractivity (Wildman–Crippen MR) is 301 cm³/mol. The van der Waals surface area contributed by atoms with Crippen LogP contribution in [0, 0.1) is 5.92 Å². The standard InChI is InChI=1S/C59H68N10O12/c1-33(2)52(60)55(72)61-35(4)46(70)26-36-13-15-37(16-14-36)32-80-59(75)69-44-29-48(47(77-7)28-41(44)57(74)68-30-34(3)25-45(68)58(69)81-51-12-8-9-23-79-51)78-24-10-11-50(71)65-49-31-67(5)54(66-49)56(73)62-39-19-17-38(18-20-39)53-63-42-22-21-40(76-6)27-43(42)64-53/h13-22,27-29,31,33,35,45,51-52,58H,3,8-12,23-26,30,32,60H2,1-2,4-7H3,(H,61,72)(H,62,73)(H,63,64)(H,65,71)/t35-,45-,51?,52-,58-/m0/s1. The fourth-order valence-corrected chi connectivity index (χ4v) is 9.81. The predicted octanol–water partition coefficient (Wildman–Crippen LogP) is 7.43. The number of ether oxygens (including phenoxy) is 6. The number of methoxy groups -OCH3 is 2. The van der Waals surface area contributed by atoms with Crippen molar-refractivity contribution in [1.82, 2.24) is 29.7 Å². The van der Waals surface area contributed by atoms with E-state index in [1.807, 2.05) is 44.2 Å². The van der Waals surface area contributed by atoms with E-state index in [2.05, 4.69) is 37.5 Å². The lowest BCUT2D eigenvalue weighted by Crippen LogP contribution is -2.54. The molecule has 0 aliphatic carbocycles. The fourth-order valence-electron chi connectivity index (χ4n) is 9.81. The first-order valence-electron chi connectivity index (χ1n) is 27.0. The number of H-pyrrole nitrogens is 1. The van der Waals surface area contributed by atoms with Crippen molar-refractivity contribution >= 4 is 63.7 Å². The number of carbonyl (C=O) groups is 6. The van der Waals surface area contributed by atoms with Crippen molar-refractivity contribution in [3.63, 3.8) is 0 Å². The summed E-state index contributed by atoms with van der Waals surface area (Å²) in [6.07, 6.45) is 1.88. The van der Waals surface area contributed by atoms with E-state index in [1.54, 1.807) is 68.4 Å². The van der Waals surface area contributed by atoms with Gasteiger partial charge < -0.3 is 64.6 Å². The van der Waals surface area contributed by atoms with Gasteiger partial charge in [0.1, 0.15) is 18.2 Å². The van der Waals surface area contributed by atoms with E-state index in [1.165, 1.54) is 28.8 Å². The molecule has 22 heteroatoms. The number of imidazole rings is 2. The molecule has 1 unspecified atom stereocenters. The van der Waals surface area contributed by atoms with Crippen molar-refractivity contribution in [3.8, 4) is 28.6 Å². The largest absolute Gasteiger partial charge is 0.497 e. The first kappa shape index (κ1) is 57.1. The van der Waals surface area contributed by atoms with Crippen LogP contribution in [0.25, 0.3) is 22.4 Å². The van der Waals surface area contributed by atoms with E-state index in [4.69, 9.17) is 34.2 Å². The second-order valence-electron chi connectivity index (χ2n) is 20.7. The number of hydrogen-bond acceptors (Lipinski definition) is 15. The van der Waals surface area contributed by atoms with E-state index in [0.717, 1.165) is 35.0 Å². The fraction of sp³-hybridized carbons (Fsp3) is 0.390. The highest BCUT2D eigenvalue weighted by molar-refractivity contribution is 6.06. The molecule has 0 bridgehead atoms. The van der Waals surface area contributed by atoms with Crippen LogP contribution in [0.2, 0.25) is 0 Å². The molecule has 9 rings (SSSR count). The van der Waals surface area contributed by atoms with Crippen LogP contribution in [-0.2, 0) is 48.7 Å². The number of carbonyl (C=O) groups excluding carboxylic acids is 6. The van der Waals surface area contributed by atoms with Gasteiger partial charge in [0.25, 0.3) is 11.8 Å². The van der Waals surface area contributed by atoms with Gasteiger partial charge in [-0.25, -0.2) is 19.7 Å². The Balaban J connectivity index is 0.852. The van der Waals surface area contributed by atoms with Crippen molar-refractivity contribution in [2.75, 3.05) is 49.5 Å². The number of nitrogens with one attached hydrogen (secondary N) is 4. The molecular weight excluding hydrogens is 1040 g/mol. The molecule has 4 aromatic carbocycles.